The fourth-order valence-electron chi connectivity index (χ4n) is 7.94. The van der Waals surface area contributed by atoms with Gasteiger partial charge in [-0.05, 0) is 74.2 Å². The lowest BCUT2D eigenvalue weighted by Gasteiger charge is -2.60. The van der Waals surface area contributed by atoms with Crippen LogP contribution in [0.4, 0.5) is 0 Å². The summed E-state index contributed by atoms with van der Waals surface area (Å²) in [6.07, 6.45) is 6.48. The molecule has 3 unspecified atom stereocenters. The summed E-state index contributed by atoms with van der Waals surface area (Å²) in [6.45, 7) is 5.39. The number of carbonyl (C=O) groups excluding carboxylic acids is 3. The number of ether oxygens (including phenoxy) is 1. The minimum absolute atomic E-state index is 0.0325. The quantitative estimate of drug-likeness (QED) is 0.648. The van der Waals surface area contributed by atoms with Crippen LogP contribution < -0.4 is 0 Å². The smallest absolute Gasteiger partial charge is 0.306 e. The highest BCUT2D eigenvalue weighted by molar-refractivity contribution is 5.92. The first kappa shape index (κ1) is 22.7. The van der Waals surface area contributed by atoms with E-state index < -0.39 is 35.5 Å². The third-order valence-corrected chi connectivity index (χ3v) is 9.35. The first-order chi connectivity index (χ1) is 14.6. The number of carbonyl (C=O) groups is 3. The van der Waals surface area contributed by atoms with Gasteiger partial charge in [0.2, 0.25) is 5.78 Å². The van der Waals surface area contributed by atoms with Gasteiger partial charge in [-0.25, -0.2) is 0 Å². The fourth-order valence-corrected chi connectivity index (χ4v) is 7.94. The summed E-state index contributed by atoms with van der Waals surface area (Å²) < 4.78 is 5.92. The van der Waals surface area contributed by atoms with E-state index in [1.165, 1.54) is 0 Å². The van der Waals surface area contributed by atoms with Crippen molar-refractivity contribution >= 4 is 17.5 Å². The molecule has 0 amide bonds. The van der Waals surface area contributed by atoms with E-state index >= 15 is 0 Å². The number of aliphatic hydroxyl groups excluding tert-OH is 2. The molecule has 0 spiro atoms. The van der Waals surface area contributed by atoms with Crippen molar-refractivity contribution in [1.82, 2.24) is 0 Å². The van der Waals surface area contributed by atoms with Crippen LogP contribution in [0.1, 0.15) is 78.6 Å². The van der Waals surface area contributed by atoms with Crippen molar-refractivity contribution in [2.24, 2.45) is 28.6 Å². The van der Waals surface area contributed by atoms with Gasteiger partial charge in [-0.1, -0.05) is 26.3 Å². The molecule has 7 atom stereocenters. The Morgan fingerprint density at radius 2 is 1.94 bits per heavy atom. The minimum atomic E-state index is -1.37. The van der Waals surface area contributed by atoms with E-state index in [0.29, 0.717) is 25.7 Å². The zero-order valence-corrected chi connectivity index (χ0v) is 19.0. The molecule has 2 N–H and O–H groups in total. The van der Waals surface area contributed by atoms with Crippen molar-refractivity contribution < 1.29 is 29.3 Å². The molecule has 4 rings (SSSR count). The van der Waals surface area contributed by atoms with Gasteiger partial charge in [-0.2, -0.15) is 0 Å². The molecule has 0 radical (unpaired) electrons. The highest BCUT2D eigenvalue weighted by Crippen LogP contribution is 2.68. The standard InChI is InChI=1S/C25H36O6/c1-4-5-21(30)31-25(20(29)14-26)11-9-18-17-7-6-15-12-16(27)8-10-23(15,2)22(17)19(28)13-24(18,25)3/h12,17-19,22,26,28H,4-11,13-14H2,1-3H3/t17?,18?,19-,22?,23-,24-,25-/m0/s1. The van der Waals surface area contributed by atoms with Crippen molar-refractivity contribution in [2.75, 3.05) is 6.61 Å². The van der Waals surface area contributed by atoms with E-state index in [2.05, 4.69) is 6.92 Å². The third-order valence-electron chi connectivity index (χ3n) is 9.35. The van der Waals surface area contributed by atoms with Crippen LogP contribution in [0.25, 0.3) is 0 Å². The van der Waals surface area contributed by atoms with Crippen molar-refractivity contribution in [1.29, 1.82) is 0 Å². The van der Waals surface area contributed by atoms with Gasteiger partial charge < -0.3 is 14.9 Å². The predicted molar refractivity (Wildman–Crippen MR) is 114 cm³/mol. The monoisotopic (exact) mass is 432 g/mol. The maximum absolute atomic E-state index is 13.1. The molecule has 0 saturated heterocycles. The lowest BCUT2D eigenvalue weighted by molar-refractivity contribution is -0.202. The molecule has 0 aromatic heterocycles. The summed E-state index contributed by atoms with van der Waals surface area (Å²) >= 11 is 0. The van der Waals surface area contributed by atoms with Gasteiger partial charge in [-0.15, -0.1) is 0 Å². The predicted octanol–water partition coefficient (Wildman–Crippen LogP) is 3.13. The maximum Gasteiger partial charge on any atom is 0.306 e. The van der Waals surface area contributed by atoms with Crippen LogP contribution in [0.5, 0.6) is 0 Å². The van der Waals surface area contributed by atoms with Gasteiger partial charge in [0.1, 0.15) is 6.61 Å². The lowest BCUT2D eigenvalue weighted by Crippen LogP contribution is -2.63. The molecule has 4 aliphatic carbocycles. The van der Waals surface area contributed by atoms with Gasteiger partial charge in [-0.3, -0.25) is 14.4 Å². The Morgan fingerprint density at radius 1 is 1.19 bits per heavy atom. The van der Waals surface area contributed by atoms with Crippen LogP contribution >= 0.6 is 0 Å². The summed E-state index contributed by atoms with van der Waals surface area (Å²) in [5.41, 5.74) is -1.12. The Labute approximate surface area is 184 Å². The van der Waals surface area contributed by atoms with Crippen molar-refractivity contribution in [3.05, 3.63) is 11.6 Å². The van der Waals surface area contributed by atoms with E-state index in [4.69, 9.17) is 4.74 Å². The zero-order chi connectivity index (χ0) is 22.6. The van der Waals surface area contributed by atoms with Crippen LogP contribution in [-0.2, 0) is 19.1 Å². The van der Waals surface area contributed by atoms with Crippen molar-refractivity contribution in [3.8, 4) is 0 Å². The Kier molecular flexibility index (Phi) is 5.70. The molecule has 0 aromatic rings. The molecular weight excluding hydrogens is 396 g/mol. The van der Waals surface area contributed by atoms with Crippen molar-refractivity contribution in [2.45, 2.75) is 90.3 Å². The summed E-state index contributed by atoms with van der Waals surface area (Å²) in [5.74, 6) is -0.320. The highest BCUT2D eigenvalue weighted by atomic mass is 16.6. The molecule has 4 aliphatic rings. The topological polar surface area (TPSA) is 101 Å². The second-order valence-corrected chi connectivity index (χ2v) is 10.7. The van der Waals surface area contributed by atoms with Gasteiger partial charge >= 0.3 is 5.97 Å². The molecule has 172 valence electrons. The number of hydrogen-bond acceptors (Lipinski definition) is 6. The van der Waals surface area contributed by atoms with E-state index in [0.717, 1.165) is 31.3 Å². The van der Waals surface area contributed by atoms with Gasteiger partial charge in [0.15, 0.2) is 11.4 Å². The number of hydrogen-bond donors (Lipinski definition) is 2. The molecule has 6 nitrogen and oxygen atoms in total. The fraction of sp³-hybridized carbons (Fsp3) is 0.800. The SMILES string of the molecule is CCCC(=O)O[C@]1(C(=O)CO)CCC2C3CCC4=CC(=O)CC[C@]4(C)C3[C@@H](O)C[C@@]21C. The molecule has 0 bridgehead atoms. The normalized spacial score (nSPS) is 44.0. The number of allylic oxidation sites excluding steroid dienone is 1. The molecule has 0 aromatic carbocycles. The average molecular weight is 433 g/mol. The number of esters is 1. The Hall–Kier alpha value is -1.53. The zero-order valence-electron chi connectivity index (χ0n) is 19.0. The van der Waals surface area contributed by atoms with Crippen LogP contribution in [0.2, 0.25) is 0 Å². The number of Topliss-reactive ketones (excluding diaryl/α,β-unsaturated/α-hetero) is 1. The third kappa shape index (κ3) is 3.16. The largest absolute Gasteiger partial charge is 0.450 e. The number of ketones is 2. The Bertz CT molecular complexity index is 817. The van der Waals surface area contributed by atoms with Gasteiger partial charge in [0.25, 0.3) is 0 Å². The number of rotatable bonds is 5. The summed E-state index contributed by atoms with van der Waals surface area (Å²) in [4.78, 5) is 37.6. The summed E-state index contributed by atoms with van der Waals surface area (Å²) in [6, 6.07) is 0. The van der Waals surface area contributed by atoms with Crippen LogP contribution in [0.15, 0.2) is 11.6 Å². The number of aliphatic hydroxyl groups is 2. The lowest BCUT2D eigenvalue weighted by atomic mass is 9.45. The molecule has 0 aliphatic heterocycles. The summed E-state index contributed by atoms with van der Waals surface area (Å²) in [7, 11) is 0. The molecule has 31 heavy (non-hydrogen) atoms. The molecule has 3 saturated carbocycles. The van der Waals surface area contributed by atoms with Gasteiger partial charge in [0, 0.05) is 18.3 Å². The Morgan fingerprint density at radius 3 is 2.61 bits per heavy atom. The molecule has 0 heterocycles. The second-order valence-electron chi connectivity index (χ2n) is 10.7. The molecule has 6 heteroatoms. The van der Waals surface area contributed by atoms with Crippen LogP contribution in [0, 0.1) is 28.6 Å². The van der Waals surface area contributed by atoms with Gasteiger partial charge in [0.05, 0.1) is 6.10 Å². The average Bonchev–Trinajstić information content (AvgIpc) is 3.00. The molecule has 3 fully saturated rings. The van der Waals surface area contributed by atoms with E-state index in [-0.39, 0.29) is 35.4 Å². The molecular formula is C25H36O6. The Balaban J connectivity index is 1.73. The van der Waals surface area contributed by atoms with E-state index in [1.807, 2.05) is 13.8 Å². The van der Waals surface area contributed by atoms with Crippen LogP contribution in [-0.4, -0.2) is 46.1 Å². The second kappa shape index (κ2) is 7.80. The minimum Gasteiger partial charge on any atom is -0.450 e. The highest BCUT2D eigenvalue weighted by Gasteiger charge is 2.70. The van der Waals surface area contributed by atoms with E-state index in [9.17, 15) is 24.6 Å². The first-order valence-electron chi connectivity index (χ1n) is 11.9. The number of fused-ring (bicyclic) bond motifs is 5. The van der Waals surface area contributed by atoms with Crippen LogP contribution in [0.3, 0.4) is 0 Å². The first-order valence-corrected chi connectivity index (χ1v) is 11.9. The van der Waals surface area contributed by atoms with E-state index in [1.54, 1.807) is 6.08 Å². The summed E-state index contributed by atoms with van der Waals surface area (Å²) in [5, 5.41) is 21.3. The maximum atomic E-state index is 13.1. The van der Waals surface area contributed by atoms with Crippen molar-refractivity contribution in [3.63, 3.8) is 0 Å².